The molecule has 1 aromatic heterocycles. The molecule has 1 unspecified atom stereocenters. The molecule has 19 heavy (non-hydrogen) atoms. The van der Waals surface area contributed by atoms with E-state index in [0.717, 1.165) is 15.6 Å². The maximum Gasteiger partial charge on any atom is 0.128 e. The van der Waals surface area contributed by atoms with E-state index in [4.69, 9.17) is 5.73 Å². The molecule has 2 N–H and O–H groups in total. The molecule has 0 aliphatic rings. The summed E-state index contributed by atoms with van der Waals surface area (Å²) < 4.78 is 15.1. The predicted octanol–water partition coefficient (Wildman–Crippen LogP) is 4.26. The molecule has 2 aromatic carbocycles. The van der Waals surface area contributed by atoms with Gasteiger partial charge in [0.1, 0.15) is 5.82 Å². The zero-order valence-electron chi connectivity index (χ0n) is 10.6. The number of rotatable bonds is 2. The maximum atomic E-state index is 14.0. The largest absolute Gasteiger partial charge is 0.318 e. The van der Waals surface area contributed by atoms with Crippen LogP contribution in [0.1, 0.15) is 18.1 Å². The van der Waals surface area contributed by atoms with Gasteiger partial charge in [-0.15, -0.1) is 11.3 Å². The molecule has 0 radical (unpaired) electrons. The molecular formula is C16H14FNS. The van der Waals surface area contributed by atoms with Crippen LogP contribution in [0.3, 0.4) is 0 Å². The molecule has 1 atom stereocenters. The highest BCUT2D eigenvalue weighted by molar-refractivity contribution is 7.17. The summed E-state index contributed by atoms with van der Waals surface area (Å²) in [6, 6.07) is 14.8. The van der Waals surface area contributed by atoms with Gasteiger partial charge in [0.2, 0.25) is 0 Å². The van der Waals surface area contributed by atoms with Crippen molar-refractivity contribution in [1.82, 2.24) is 0 Å². The third-order valence-electron chi connectivity index (χ3n) is 3.47. The van der Waals surface area contributed by atoms with Crippen molar-refractivity contribution in [2.75, 3.05) is 0 Å². The Morgan fingerprint density at radius 1 is 1.00 bits per heavy atom. The molecule has 0 fully saturated rings. The fraction of sp³-hybridized carbons (Fsp3) is 0.125. The van der Waals surface area contributed by atoms with Gasteiger partial charge in [-0.3, -0.25) is 0 Å². The minimum atomic E-state index is -0.838. The fourth-order valence-corrected chi connectivity index (χ4v) is 3.46. The topological polar surface area (TPSA) is 26.0 Å². The van der Waals surface area contributed by atoms with E-state index < -0.39 is 5.54 Å². The molecular weight excluding hydrogens is 257 g/mol. The summed E-state index contributed by atoms with van der Waals surface area (Å²) in [4.78, 5) is 0. The van der Waals surface area contributed by atoms with Gasteiger partial charge in [-0.25, -0.2) is 4.39 Å². The number of benzene rings is 2. The van der Waals surface area contributed by atoms with E-state index in [2.05, 4.69) is 6.07 Å². The number of thiophene rings is 1. The highest BCUT2D eigenvalue weighted by atomic mass is 32.1. The van der Waals surface area contributed by atoms with Gasteiger partial charge in [0.05, 0.1) is 5.54 Å². The first-order valence-corrected chi connectivity index (χ1v) is 6.99. The normalized spacial score (nSPS) is 14.5. The quantitative estimate of drug-likeness (QED) is 0.740. The first kappa shape index (κ1) is 12.3. The molecule has 0 saturated heterocycles. The Balaban J connectivity index is 2.25. The predicted molar refractivity (Wildman–Crippen MR) is 78.9 cm³/mol. The van der Waals surface area contributed by atoms with Crippen LogP contribution in [0.25, 0.3) is 10.1 Å². The maximum absolute atomic E-state index is 14.0. The van der Waals surface area contributed by atoms with Crippen molar-refractivity contribution in [1.29, 1.82) is 0 Å². The Hall–Kier alpha value is -1.71. The lowest BCUT2D eigenvalue weighted by atomic mass is 9.85. The number of nitrogens with two attached hydrogens (primary N) is 1. The molecule has 0 spiro atoms. The average molecular weight is 271 g/mol. The lowest BCUT2D eigenvalue weighted by Crippen LogP contribution is -2.35. The molecule has 3 rings (SSSR count). The zero-order chi connectivity index (χ0) is 13.5. The lowest BCUT2D eigenvalue weighted by Gasteiger charge is -2.27. The Kier molecular flexibility index (Phi) is 2.88. The molecule has 0 bridgehead atoms. The van der Waals surface area contributed by atoms with Crippen LogP contribution in [0.5, 0.6) is 0 Å². The summed E-state index contributed by atoms with van der Waals surface area (Å²) in [5.74, 6) is -0.263. The van der Waals surface area contributed by atoms with Gasteiger partial charge in [0.15, 0.2) is 0 Å². The van der Waals surface area contributed by atoms with Gasteiger partial charge in [-0.05, 0) is 35.4 Å². The smallest absolute Gasteiger partial charge is 0.128 e. The highest BCUT2D eigenvalue weighted by Gasteiger charge is 2.28. The molecule has 3 heteroatoms. The monoisotopic (exact) mass is 271 g/mol. The molecule has 1 nitrogen and oxygen atoms in total. The van der Waals surface area contributed by atoms with Crippen molar-refractivity contribution >= 4 is 21.4 Å². The van der Waals surface area contributed by atoms with E-state index in [1.807, 2.05) is 36.6 Å². The van der Waals surface area contributed by atoms with Crippen LogP contribution in [0.4, 0.5) is 4.39 Å². The van der Waals surface area contributed by atoms with Crippen LogP contribution in [-0.4, -0.2) is 0 Å². The second kappa shape index (κ2) is 4.44. The fourth-order valence-electron chi connectivity index (χ4n) is 2.43. The van der Waals surface area contributed by atoms with Gasteiger partial charge in [0.25, 0.3) is 0 Å². The number of hydrogen-bond acceptors (Lipinski definition) is 2. The van der Waals surface area contributed by atoms with E-state index in [9.17, 15) is 4.39 Å². The van der Waals surface area contributed by atoms with Crippen LogP contribution in [0.15, 0.2) is 53.9 Å². The van der Waals surface area contributed by atoms with Crippen molar-refractivity contribution in [2.24, 2.45) is 5.73 Å². The Labute approximate surface area is 115 Å². The first-order valence-electron chi connectivity index (χ1n) is 6.11. The van der Waals surface area contributed by atoms with E-state index >= 15 is 0 Å². The minimum absolute atomic E-state index is 0.263. The van der Waals surface area contributed by atoms with Gasteiger partial charge in [-0.2, -0.15) is 0 Å². The SMILES string of the molecule is CC(N)(c1ccccc1F)c1cccc2ccsc12. The molecule has 96 valence electrons. The molecule has 0 amide bonds. The van der Waals surface area contributed by atoms with E-state index in [0.29, 0.717) is 5.56 Å². The summed E-state index contributed by atoms with van der Waals surface area (Å²) in [5, 5.41) is 3.18. The second-order valence-corrected chi connectivity index (χ2v) is 5.74. The standard InChI is InChI=1S/C16H14FNS/c1-16(18,12-6-2-3-8-14(12)17)13-7-4-5-11-9-10-19-15(11)13/h2-10H,18H2,1H3. The summed E-state index contributed by atoms with van der Waals surface area (Å²) in [6.45, 7) is 1.86. The summed E-state index contributed by atoms with van der Waals surface area (Å²) in [5.41, 5.74) is 7.10. The Morgan fingerprint density at radius 2 is 1.74 bits per heavy atom. The third kappa shape index (κ3) is 1.95. The van der Waals surface area contributed by atoms with Crippen LogP contribution < -0.4 is 5.73 Å². The van der Waals surface area contributed by atoms with Gasteiger partial charge >= 0.3 is 0 Å². The summed E-state index contributed by atoms with van der Waals surface area (Å²) in [7, 11) is 0. The van der Waals surface area contributed by atoms with Crippen molar-refractivity contribution in [3.63, 3.8) is 0 Å². The minimum Gasteiger partial charge on any atom is -0.318 e. The lowest BCUT2D eigenvalue weighted by molar-refractivity contribution is 0.534. The van der Waals surface area contributed by atoms with Crippen LogP contribution >= 0.6 is 11.3 Å². The van der Waals surface area contributed by atoms with Gasteiger partial charge in [-0.1, -0.05) is 36.4 Å². The van der Waals surface area contributed by atoms with Crippen molar-refractivity contribution < 1.29 is 4.39 Å². The van der Waals surface area contributed by atoms with Crippen LogP contribution in [-0.2, 0) is 5.54 Å². The Morgan fingerprint density at radius 3 is 2.53 bits per heavy atom. The van der Waals surface area contributed by atoms with Crippen molar-refractivity contribution in [3.8, 4) is 0 Å². The average Bonchev–Trinajstić information content (AvgIpc) is 2.86. The van der Waals surface area contributed by atoms with E-state index in [-0.39, 0.29) is 5.82 Å². The van der Waals surface area contributed by atoms with Crippen molar-refractivity contribution in [3.05, 3.63) is 70.9 Å². The van der Waals surface area contributed by atoms with Gasteiger partial charge in [0, 0.05) is 10.3 Å². The molecule has 0 saturated carbocycles. The summed E-state index contributed by atoms with van der Waals surface area (Å²) >= 11 is 1.64. The molecule has 3 aromatic rings. The summed E-state index contributed by atoms with van der Waals surface area (Å²) in [6.07, 6.45) is 0. The van der Waals surface area contributed by atoms with Crippen LogP contribution in [0, 0.1) is 5.82 Å². The highest BCUT2D eigenvalue weighted by Crippen LogP contribution is 2.35. The van der Waals surface area contributed by atoms with Crippen LogP contribution in [0.2, 0.25) is 0 Å². The third-order valence-corrected chi connectivity index (χ3v) is 4.44. The number of halogens is 1. The second-order valence-electron chi connectivity index (χ2n) is 4.83. The van der Waals surface area contributed by atoms with E-state index in [1.54, 1.807) is 23.5 Å². The van der Waals surface area contributed by atoms with Gasteiger partial charge < -0.3 is 5.73 Å². The molecule has 0 aliphatic heterocycles. The molecule has 1 heterocycles. The van der Waals surface area contributed by atoms with Crippen molar-refractivity contribution in [2.45, 2.75) is 12.5 Å². The number of fused-ring (bicyclic) bond motifs is 1. The Bertz CT molecular complexity index is 730. The first-order chi connectivity index (χ1) is 9.10. The number of hydrogen-bond donors (Lipinski definition) is 1. The zero-order valence-corrected chi connectivity index (χ0v) is 11.4. The van der Waals surface area contributed by atoms with E-state index in [1.165, 1.54) is 6.07 Å². The molecule has 0 aliphatic carbocycles.